The van der Waals surface area contributed by atoms with Crippen molar-refractivity contribution < 1.29 is 14.2 Å². The molecule has 1 aromatic carbocycles. The summed E-state index contributed by atoms with van der Waals surface area (Å²) in [6.07, 6.45) is -0.104. The van der Waals surface area contributed by atoms with Crippen LogP contribution in [0.4, 0.5) is 5.69 Å². The molecule has 0 saturated heterocycles. The molecule has 0 amide bonds. The molecule has 15 heavy (non-hydrogen) atoms. The average Bonchev–Trinajstić information content (AvgIpc) is 2.63. The molecule has 2 aliphatic heterocycles. The number of benzene rings is 1. The van der Waals surface area contributed by atoms with E-state index in [2.05, 4.69) is 5.32 Å². The Hall–Kier alpha value is -1.49. The zero-order valence-electron chi connectivity index (χ0n) is 8.07. The van der Waals surface area contributed by atoms with E-state index in [1.54, 1.807) is 0 Å². The summed E-state index contributed by atoms with van der Waals surface area (Å²) in [5.41, 5.74) is 0.836. The Kier molecular flexibility index (Phi) is 1.76. The molecule has 1 atom stereocenters. The molecule has 0 fully saturated rings. The molecule has 5 heteroatoms. The van der Waals surface area contributed by atoms with Crippen LogP contribution >= 0.6 is 12.2 Å². The first-order chi connectivity index (χ1) is 7.24. The van der Waals surface area contributed by atoms with Gasteiger partial charge in [-0.3, -0.25) is 0 Å². The molecule has 0 bridgehead atoms. The summed E-state index contributed by atoms with van der Waals surface area (Å²) in [6, 6.07) is 3.67. The van der Waals surface area contributed by atoms with Crippen LogP contribution in [0.15, 0.2) is 12.1 Å². The van der Waals surface area contributed by atoms with Crippen molar-refractivity contribution in [1.29, 1.82) is 0 Å². The Morgan fingerprint density at radius 3 is 2.80 bits per heavy atom. The second-order valence-electron chi connectivity index (χ2n) is 3.45. The van der Waals surface area contributed by atoms with Gasteiger partial charge in [-0.25, -0.2) is 0 Å². The summed E-state index contributed by atoms with van der Waals surface area (Å²) >= 11 is 5.12. The molecule has 0 aliphatic carbocycles. The predicted molar refractivity (Wildman–Crippen MR) is 58.9 cm³/mol. The molecule has 0 spiro atoms. The number of hydrogen-bond donors (Lipinski definition) is 1. The number of hydrogen-bond acceptors (Lipinski definition) is 4. The van der Waals surface area contributed by atoms with Crippen LogP contribution in [0.25, 0.3) is 0 Å². The van der Waals surface area contributed by atoms with Crippen molar-refractivity contribution in [3.05, 3.63) is 12.1 Å². The van der Waals surface area contributed by atoms with Gasteiger partial charge in [-0.05, 0) is 6.92 Å². The van der Waals surface area contributed by atoms with E-state index in [-0.39, 0.29) is 12.9 Å². The first kappa shape index (κ1) is 8.79. The highest BCUT2D eigenvalue weighted by molar-refractivity contribution is 7.80. The molecule has 0 radical (unpaired) electrons. The number of ether oxygens (including phenoxy) is 3. The second kappa shape index (κ2) is 3.00. The Morgan fingerprint density at radius 1 is 1.27 bits per heavy atom. The summed E-state index contributed by atoms with van der Waals surface area (Å²) in [7, 11) is 0. The topological polar surface area (TPSA) is 39.7 Å². The van der Waals surface area contributed by atoms with E-state index in [0.29, 0.717) is 4.99 Å². The summed E-state index contributed by atoms with van der Waals surface area (Å²) in [5.74, 6) is 2.19. The Bertz CT molecular complexity index is 447. The lowest BCUT2D eigenvalue weighted by Gasteiger charge is -2.25. The highest BCUT2D eigenvalue weighted by Crippen LogP contribution is 2.42. The Balaban J connectivity index is 2.07. The van der Waals surface area contributed by atoms with E-state index >= 15 is 0 Å². The maximum Gasteiger partial charge on any atom is 0.231 e. The Morgan fingerprint density at radius 2 is 2.00 bits per heavy atom. The SMILES string of the molecule is CC1Oc2cc3c(cc2NC1=S)OCO3. The van der Waals surface area contributed by atoms with Crippen molar-refractivity contribution in [3.63, 3.8) is 0 Å². The van der Waals surface area contributed by atoms with Crippen molar-refractivity contribution in [2.75, 3.05) is 12.1 Å². The van der Waals surface area contributed by atoms with Crippen LogP contribution in [0.3, 0.4) is 0 Å². The molecule has 1 aromatic rings. The van der Waals surface area contributed by atoms with Crippen molar-refractivity contribution in [2.45, 2.75) is 13.0 Å². The summed E-state index contributed by atoms with van der Waals surface area (Å²) in [6.45, 7) is 2.17. The second-order valence-corrected chi connectivity index (χ2v) is 3.89. The lowest BCUT2D eigenvalue weighted by molar-refractivity contribution is 0.173. The summed E-state index contributed by atoms with van der Waals surface area (Å²) in [5, 5.41) is 3.11. The van der Waals surface area contributed by atoms with Crippen molar-refractivity contribution in [1.82, 2.24) is 0 Å². The fourth-order valence-corrected chi connectivity index (χ4v) is 1.75. The van der Waals surface area contributed by atoms with E-state index in [0.717, 1.165) is 22.9 Å². The quantitative estimate of drug-likeness (QED) is 0.680. The van der Waals surface area contributed by atoms with Gasteiger partial charge < -0.3 is 19.5 Å². The molecular weight excluding hydrogens is 214 g/mol. The van der Waals surface area contributed by atoms with Gasteiger partial charge >= 0.3 is 0 Å². The fourth-order valence-electron chi connectivity index (χ4n) is 1.60. The van der Waals surface area contributed by atoms with Crippen LogP contribution in [0.5, 0.6) is 17.2 Å². The highest BCUT2D eigenvalue weighted by atomic mass is 32.1. The first-order valence-corrected chi connectivity index (χ1v) is 5.06. The molecule has 1 unspecified atom stereocenters. The van der Waals surface area contributed by atoms with E-state index in [4.69, 9.17) is 26.4 Å². The highest BCUT2D eigenvalue weighted by Gasteiger charge is 2.24. The number of nitrogens with one attached hydrogen (secondary N) is 1. The number of thiocarbonyl (C=S) groups is 1. The van der Waals surface area contributed by atoms with Crippen LogP contribution in [-0.4, -0.2) is 17.9 Å². The smallest absolute Gasteiger partial charge is 0.231 e. The first-order valence-electron chi connectivity index (χ1n) is 4.65. The largest absolute Gasteiger partial charge is 0.481 e. The number of anilines is 1. The van der Waals surface area contributed by atoms with Gasteiger partial charge in [0.15, 0.2) is 11.5 Å². The monoisotopic (exact) mass is 223 g/mol. The van der Waals surface area contributed by atoms with Crippen molar-refractivity contribution >= 4 is 22.9 Å². The van der Waals surface area contributed by atoms with Gasteiger partial charge in [0.05, 0.1) is 5.69 Å². The molecule has 4 nitrogen and oxygen atoms in total. The molecule has 1 N–H and O–H groups in total. The van der Waals surface area contributed by atoms with Gasteiger partial charge in [-0.2, -0.15) is 0 Å². The van der Waals surface area contributed by atoms with Crippen LogP contribution in [0, 0.1) is 0 Å². The van der Waals surface area contributed by atoms with E-state index in [1.807, 2.05) is 19.1 Å². The summed E-state index contributed by atoms with van der Waals surface area (Å²) in [4.78, 5) is 0.682. The zero-order chi connectivity index (χ0) is 10.4. The molecule has 2 heterocycles. The standard InChI is InChI=1S/C10H9NO3S/c1-5-10(15)11-6-2-8-9(13-4-12-8)3-7(6)14-5/h2-3,5H,4H2,1H3,(H,11,15). The zero-order valence-corrected chi connectivity index (χ0v) is 8.89. The van der Waals surface area contributed by atoms with Gasteiger partial charge in [0.25, 0.3) is 0 Å². The van der Waals surface area contributed by atoms with E-state index in [1.165, 1.54) is 0 Å². The lowest BCUT2D eigenvalue weighted by Crippen LogP contribution is -2.32. The van der Waals surface area contributed by atoms with Gasteiger partial charge in [0.2, 0.25) is 6.79 Å². The average molecular weight is 223 g/mol. The van der Waals surface area contributed by atoms with Crippen molar-refractivity contribution in [2.24, 2.45) is 0 Å². The maximum absolute atomic E-state index is 5.63. The number of rotatable bonds is 0. The molecule has 3 rings (SSSR count). The molecule has 0 saturated carbocycles. The van der Waals surface area contributed by atoms with Crippen molar-refractivity contribution in [3.8, 4) is 17.2 Å². The Labute approximate surface area is 92.1 Å². The van der Waals surface area contributed by atoms with Gasteiger partial charge in [0.1, 0.15) is 16.8 Å². The van der Waals surface area contributed by atoms with Gasteiger partial charge in [-0.15, -0.1) is 0 Å². The number of fused-ring (bicyclic) bond motifs is 2. The fraction of sp³-hybridized carbons (Fsp3) is 0.300. The minimum absolute atomic E-state index is 0.104. The van der Waals surface area contributed by atoms with Crippen LogP contribution in [0.1, 0.15) is 6.92 Å². The third kappa shape index (κ3) is 1.31. The lowest BCUT2D eigenvalue weighted by atomic mass is 10.2. The minimum Gasteiger partial charge on any atom is -0.481 e. The van der Waals surface area contributed by atoms with E-state index in [9.17, 15) is 0 Å². The normalized spacial score (nSPS) is 21.7. The maximum atomic E-state index is 5.63. The summed E-state index contributed by atoms with van der Waals surface area (Å²) < 4.78 is 16.2. The molecule has 78 valence electrons. The minimum atomic E-state index is -0.104. The third-order valence-electron chi connectivity index (χ3n) is 2.41. The van der Waals surface area contributed by atoms with Crippen LogP contribution in [0.2, 0.25) is 0 Å². The molecular formula is C10H9NO3S. The van der Waals surface area contributed by atoms with Crippen LogP contribution in [-0.2, 0) is 0 Å². The van der Waals surface area contributed by atoms with E-state index < -0.39 is 0 Å². The van der Waals surface area contributed by atoms with Gasteiger partial charge in [-0.1, -0.05) is 12.2 Å². The third-order valence-corrected chi connectivity index (χ3v) is 2.84. The van der Waals surface area contributed by atoms with Crippen LogP contribution < -0.4 is 19.5 Å². The van der Waals surface area contributed by atoms with Gasteiger partial charge in [0, 0.05) is 12.1 Å². The predicted octanol–water partition coefficient (Wildman–Crippen LogP) is 1.94. The molecule has 2 aliphatic rings. The molecule has 0 aromatic heterocycles.